The minimum Gasteiger partial charge on any atom is -0.298 e. The highest BCUT2D eigenvalue weighted by atomic mass is 16.1. The van der Waals surface area contributed by atoms with Crippen molar-refractivity contribution in [2.75, 3.05) is 0 Å². The van der Waals surface area contributed by atoms with Gasteiger partial charge in [0, 0.05) is 6.20 Å². The van der Waals surface area contributed by atoms with Crippen LogP contribution in [0.4, 0.5) is 0 Å². The van der Waals surface area contributed by atoms with Crippen LogP contribution < -0.4 is 0 Å². The van der Waals surface area contributed by atoms with E-state index in [9.17, 15) is 4.79 Å². The van der Waals surface area contributed by atoms with Gasteiger partial charge < -0.3 is 0 Å². The number of nitrogens with zero attached hydrogens (tertiary/aromatic N) is 2. The topological polar surface area (TPSA) is 34.9 Å². The molecule has 0 aliphatic carbocycles. The highest BCUT2D eigenvalue weighted by molar-refractivity contribution is 5.76. The SMILES string of the molecule is Cc1nn(-c2ccccc2C(C)C)cc1C=O. The zero-order chi connectivity index (χ0) is 12.4. The Kier molecular flexibility index (Phi) is 3.09. The first kappa shape index (κ1) is 11.6. The Bertz CT molecular complexity index is 541. The van der Waals surface area contributed by atoms with E-state index in [2.05, 4.69) is 25.0 Å². The van der Waals surface area contributed by atoms with Crippen molar-refractivity contribution >= 4 is 6.29 Å². The lowest BCUT2D eigenvalue weighted by Crippen LogP contribution is -2.01. The Labute approximate surface area is 101 Å². The minimum atomic E-state index is 0.426. The number of rotatable bonds is 3. The van der Waals surface area contributed by atoms with E-state index in [4.69, 9.17) is 0 Å². The molecule has 0 saturated carbocycles. The molecule has 0 unspecified atom stereocenters. The summed E-state index contributed by atoms with van der Waals surface area (Å²) in [5.41, 5.74) is 3.67. The molecule has 88 valence electrons. The Hall–Kier alpha value is -1.90. The van der Waals surface area contributed by atoms with E-state index in [1.807, 2.05) is 25.1 Å². The number of carbonyl (C=O) groups is 1. The van der Waals surface area contributed by atoms with Gasteiger partial charge in [0.1, 0.15) is 0 Å². The van der Waals surface area contributed by atoms with Crippen molar-refractivity contribution in [3.8, 4) is 5.69 Å². The molecule has 0 N–H and O–H groups in total. The van der Waals surface area contributed by atoms with Crippen molar-refractivity contribution in [2.24, 2.45) is 0 Å². The third-order valence-electron chi connectivity index (χ3n) is 2.87. The van der Waals surface area contributed by atoms with Gasteiger partial charge >= 0.3 is 0 Å². The summed E-state index contributed by atoms with van der Waals surface area (Å²) in [5.74, 6) is 0.426. The van der Waals surface area contributed by atoms with Crippen molar-refractivity contribution in [1.82, 2.24) is 9.78 Å². The summed E-state index contributed by atoms with van der Waals surface area (Å²) >= 11 is 0. The number of aryl methyl sites for hydroxylation is 1. The lowest BCUT2D eigenvalue weighted by Gasteiger charge is -2.12. The van der Waals surface area contributed by atoms with Crippen molar-refractivity contribution in [1.29, 1.82) is 0 Å². The van der Waals surface area contributed by atoms with E-state index in [0.717, 1.165) is 17.7 Å². The first-order valence-electron chi connectivity index (χ1n) is 5.74. The number of aldehydes is 1. The molecule has 1 heterocycles. The van der Waals surface area contributed by atoms with E-state index < -0.39 is 0 Å². The molecular weight excluding hydrogens is 212 g/mol. The van der Waals surface area contributed by atoms with Gasteiger partial charge in [0.25, 0.3) is 0 Å². The largest absolute Gasteiger partial charge is 0.298 e. The lowest BCUT2D eigenvalue weighted by atomic mass is 10.0. The summed E-state index contributed by atoms with van der Waals surface area (Å²) in [7, 11) is 0. The van der Waals surface area contributed by atoms with E-state index in [1.54, 1.807) is 10.9 Å². The number of para-hydroxylation sites is 1. The quantitative estimate of drug-likeness (QED) is 0.756. The Morgan fingerprint density at radius 1 is 1.29 bits per heavy atom. The van der Waals surface area contributed by atoms with E-state index in [0.29, 0.717) is 11.5 Å². The normalized spacial score (nSPS) is 10.8. The molecule has 2 aromatic rings. The van der Waals surface area contributed by atoms with Crippen molar-refractivity contribution in [3.05, 3.63) is 47.3 Å². The van der Waals surface area contributed by atoms with Gasteiger partial charge in [-0.3, -0.25) is 4.79 Å². The molecule has 0 aliphatic heterocycles. The summed E-state index contributed by atoms with van der Waals surface area (Å²) in [6.07, 6.45) is 2.63. The van der Waals surface area contributed by atoms with Gasteiger partial charge in [-0.05, 0) is 24.5 Å². The Morgan fingerprint density at radius 3 is 2.59 bits per heavy atom. The number of benzene rings is 1. The smallest absolute Gasteiger partial charge is 0.153 e. The predicted octanol–water partition coefficient (Wildman–Crippen LogP) is 3.12. The van der Waals surface area contributed by atoms with Crippen LogP contribution in [0.25, 0.3) is 5.69 Å². The van der Waals surface area contributed by atoms with Crippen LogP contribution >= 0.6 is 0 Å². The average molecular weight is 228 g/mol. The van der Waals surface area contributed by atoms with Crippen LogP contribution in [0.1, 0.15) is 41.4 Å². The van der Waals surface area contributed by atoms with Gasteiger partial charge in [-0.15, -0.1) is 0 Å². The summed E-state index contributed by atoms with van der Waals surface area (Å²) in [6.45, 7) is 6.14. The fourth-order valence-electron chi connectivity index (χ4n) is 1.90. The monoisotopic (exact) mass is 228 g/mol. The fourth-order valence-corrected chi connectivity index (χ4v) is 1.90. The molecule has 2 rings (SSSR count). The van der Waals surface area contributed by atoms with Crippen LogP contribution in [0.5, 0.6) is 0 Å². The third kappa shape index (κ3) is 2.13. The van der Waals surface area contributed by atoms with Crippen LogP contribution in [0, 0.1) is 6.92 Å². The molecule has 0 bridgehead atoms. The molecule has 1 aromatic carbocycles. The van der Waals surface area contributed by atoms with Crippen molar-refractivity contribution in [3.63, 3.8) is 0 Å². The molecule has 1 aromatic heterocycles. The maximum atomic E-state index is 10.8. The highest BCUT2D eigenvalue weighted by Gasteiger charge is 2.10. The second-order valence-electron chi connectivity index (χ2n) is 4.45. The summed E-state index contributed by atoms with van der Waals surface area (Å²) < 4.78 is 1.79. The average Bonchev–Trinajstić information content (AvgIpc) is 2.70. The van der Waals surface area contributed by atoms with Gasteiger partial charge in [0.2, 0.25) is 0 Å². The maximum absolute atomic E-state index is 10.8. The van der Waals surface area contributed by atoms with Crippen molar-refractivity contribution < 1.29 is 4.79 Å². The lowest BCUT2D eigenvalue weighted by molar-refractivity contribution is 0.112. The van der Waals surface area contributed by atoms with E-state index >= 15 is 0 Å². The molecule has 0 atom stereocenters. The molecule has 0 aliphatic rings. The highest BCUT2D eigenvalue weighted by Crippen LogP contribution is 2.22. The first-order valence-corrected chi connectivity index (χ1v) is 5.74. The van der Waals surface area contributed by atoms with Crippen LogP contribution in [0.2, 0.25) is 0 Å². The van der Waals surface area contributed by atoms with Gasteiger partial charge in [0.15, 0.2) is 6.29 Å². The second kappa shape index (κ2) is 4.53. The van der Waals surface area contributed by atoms with Gasteiger partial charge in [-0.25, -0.2) is 4.68 Å². The summed E-state index contributed by atoms with van der Waals surface area (Å²) in [6, 6.07) is 8.13. The maximum Gasteiger partial charge on any atom is 0.153 e. The molecule has 3 heteroatoms. The zero-order valence-electron chi connectivity index (χ0n) is 10.3. The number of aromatic nitrogens is 2. The molecule has 0 spiro atoms. The van der Waals surface area contributed by atoms with Crippen LogP contribution in [0.15, 0.2) is 30.5 Å². The minimum absolute atomic E-state index is 0.426. The molecule has 3 nitrogen and oxygen atoms in total. The number of carbonyl (C=O) groups excluding carboxylic acids is 1. The Balaban J connectivity index is 2.56. The third-order valence-corrected chi connectivity index (χ3v) is 2.87. The van der Waals surface area contributed by atoms with Crippen molar-refractivity contribution in [2.45, 2.75) is 26.7 Å². The molecule has 0 radical (unpaired) electrons. The van der Waals surface area contributed by atoms with E-state index in [-0.39, 0.29) is 0 Å². The Morgan fingerprint density at radius 2 is 2.00 bits per heavy atom. The molecule has 17 heavy (non-hydrogen) atoms. The molecule has 0 saturated heterocycles. The second-order valence-corrected chi connectivity index (χ2v) is 4.45. The first-order chi connectivity index (χ1) is 8.13. The zero-order valence-corrected chi connectivity index (χ0v) is 10.3. The molecular formula is C14H16N2O. The van der Waals surface area contributed by atoms with Crippen LogP contribution in [0.3, 0.4) is 0 Å². The number of hydrogen-bond acceptors (Lipinski definition) is 2. The van der Waals surface area contributed by atoms with Gasteiger partial charge in [0.05, 0.1) is 16.9 Å². The molecule has 0 amide bonds. The van der Waals surface area contributed by atoms with Gasteiger partial charge in [-0.1, -0.05) is 32.0 Å². The number of hydrogen-bond donors (Lipinski definition) is 0. The van der Waals surface area contributed by atoms with Crippen LogP contribution in [-0.4, -0.2) is 16.1 Å². The summed E-state index contributed by atoms with van der Waals surface area (Å²) in [5, 5.41) is 4.38. The standard InChI is InChI=1S/C14H16N2O/c1-10(2)13-6-4-5-7-14(13)16-8-12(9-17)11(3)15-16/h4-10H,1-3H3. The fraction of sp³-hybridized carbons (Fsp3) is 0.286. The van der Waals surface area contributed by atoms with Gasteiger partial charge in [-0.2, -0.15) is 5.10 Å². The molecule has 0 fully saturated rings. The predicted molar refractivity (Wildman–Crippen MR) is 67.8 cm³/mol. The van der Waals surface area contributed by atoms with Crippen LogP contribution in [-0.2, 0) is 0 Å². The van der Waals surface area contributed by atoms with E-state index in [1.165, 1.54) is 5.56 Å². The summed E-state index contributed by atoms with van der Waals surface area (Å²) in [4.78, 5) is 10.8.